The third kappa shape index (κ3) is 3.83. The molecule has 4 heteroatoms. The van der Waals surface area contributed by atoms with Crippen molar-refractivity contribution in [1.29, 1.82) is 0 Å². The Bertz CT molecular complexity index is 507. The summed E-state index contributed by atoms with van der Waals surface area (Å²) in [5, 5.41) is 5.38. The van der Waals surface area contributed by atoms with Crippen molar-refractivity contribution in [2.45, 2.75) is 38.2 Å². The van der Waals surface area contributed by atoms with Crippen molar-refractivity contribution in [1.82, 2.24) is 9.78 Å². The highest BCUT2D eigenvalue weighted by Gasteiger charge is 2.05. The van der Waals surface area contributed by atoms with Gasteiger partial charge in [-0.1, -0.05) is 35.0 Å². The monoisotopic (exact) mass is 322 g/mol. The highest BCUT2D eigenvalue weighted by atomic mass is 79.9. The first-order valence-corrected chi connectivity index (χ1v) is 7.66. The normalized spacial score (nSPS) is 12.4. The van der Waals surface area contributed by atoms with Crippen LogP contribution in [0.4, 0.5) is 0 Å². The Morgan fingerprint density at radius 1 is 1.26 bits per heavy atom. The average molecular weight is 323 g/mol. The molecular formula is C15H19BrN2O. The van der Waals surface area contributed by atoms with Gasteiger partial charge in [0.1, 0.15) is 12.4 Å². The summed E-state index contributed by atoms with van der Waals surface area (Å²) in [5.74, 6) is 0.878. The second kappa shape index (κ2) is 6.75. The van der Waals surface area contributed by atoms with E-state index >= 15 is 0 Å². The molecule has 0 aliphatic carbocycles. The van der Waals surface area contributed by atoms with Crippen molar-refractivity contribution < 1.29 is 4.74 Å². The van der Waals surface area contributed by atoms with Gasteiger partial charge < -0.3 is 4.74 Å². The number of halogens is 1. The lowest BCUT2D eigenvalue weighted by atomic mass is 10.2. The molecule has 0 spiro atoms. The molecular weight excluding hydrogens is 304 g/mol. The van der Waals surface area contributed by atoms with Gasteiger partial charge in [0.25, 0.3) is 0 Å². The number of rotatable bonds is 6. The lowest BCUT2D eigenvalue weighted by Gasteiger charge is -2.08. The molecule has 102 valence electrons. The summed E-state index contributed by atoms with van der Waals surface area (Å²) in [5.41, 5.74) is 2.21. The van der Waals surface area contributed by atoms with Crippen LogP contribution in [0.2, 0.25) is 0 Å². The largest absolute Gasteiger partial charge is 0.487 e. The smallest absolute Gasteiger partial charge is 0.132 e. The third-order valence-corrected chi connectivity index (χ3v) is 3.82. The van der Waals surface area contributed by atoms with E-state index in [0.29, 0.717) is 12.6 Å². The first kappa shape index (κ1) is 14.1. The minimum Gasteiger partial charge on any atom is -0.487 e. The molecule has 0 aliphatic heterocycles. The fourth-order valence-electron chi connectivity index (χ4n) is 1.72. The Kier molecular flexibility index (Phi) is 5.02. The van der Waals surface area contributed by atoms with E-state index in [4.69, 9.17) is 4.74 Å². The van der Waals surface area contributed by atoms with Crippen LogP contribution >= 0.6 is 15.9 Å². The van der Waals surface area contributed by atoms with Gasteiger partial charge >= 0.3 is 0 Å². The molecule has 0 bridgehead atoms. The molecule has 0 fully saturated rings. The van der Waals surface area contributed by atoms with Crippen LogP contribution in [-0.2, 0) is 11.9 Å². The predicted molar refractivity (Wildman–Crippen MR) is 80.6 cm³/mol. The Labute approximate surface area is 122 Å². The molecule has 1 atom stereocenters. The molecule has 0 radical (unpaired) electrons. The van der Waals surface area contributed by atoms with Gasteiger partial charge in [-0.15, -0.1) is 0 Å². The Balaban J connectivity index is 1.92. The number of hydrogen-bond acceptors (Lipinski definition) is 2. The SMILES string of the molecule is CCC(C)n1ccc(COc2ccc(CBr)cc2)n1. The van der Waals surface area contributed by atoms with Crippen LogP contribution in [0.1, 0.15) is 37.6 Å². The Morgan fingerprint density at radius 3 is 2.63 bits per heavy atom. The van der Waals surface area contributed by atoms with Gasteiger partial charge in [-0.2, -0.15) is 5.10 Å². The number of ether oxygens (including phenoxy) is 1. The average Bonchev–Trinajstić information content (AvgIpc) is 2.93. The maximum absolute atomic E-state index is 5.73. The van der Waals surface area contributed by atoms with E-state index in [1.165, 1.54) is 5.56 Å². The Hall–Kier alpha value is -1.29. The lowest BCUT2D eigenvalue weighted by molar-refractivity contribution is 0.298. The minimum atomic E-state index is 0.437. The Morgan fingerprint density at radius 2 is 2.00 bits per heavy atom. The molecule has 3 nitrogen and oxygen atoms in total. The van der Waals surface area contributed by atoms with E-state index in [2.05, 4.69) is 47.0 Å². The molecule has 1 aromatic heterocycles. The molecule has 0 amide bonds. The summed E-state index contributed by atoms with van der Waals surface area (Å²) in [7, 11) is 0. The molecule has 1 aromatic carbocycles. The molecule has 2 aromatic rings. The summed E-state index contributed by atoms with van der Waals surface area (Å²) in [6.45, 7) is 4.83. The zero-order valence-corrected chi connectivity index (χ0v) is 12.9. The van der Waals surface area contributed by atoms with E-state index < -0.39 is 0 Å². The van der Waals surface area contributed by atoms with Crippen LogP contribution in [0.5, 0.6) is 5.75 Å². The lowest BCUT2D eigenvalue weighted by Crippen LogP contribution is -2.05. The predicted octanol–water partition coefficient (Wildman–Crippen LogP) is 4.33. The van der Waals surface area contributed by atoms with Crippen LogP contribution in [-0.4, -0.2) is 9.78 Å². The summed E-state index contributed by atoms with van der Waals surface area (Å²) < 4.78 is 7.72. The topological polar surface area (TPSA) is 27.1 Å². The number of hydrogen-bond donors (Lipinski definition) is 0. The molecule has 0 aliphatic rings. The van der Waals surface area contributed by atoms with Crippen LogP contribution in [0.25, 0.3) is 0 Å². The third-order valence-electron chi connectivity index (χ3n) is 3.17. The van der Waals surface area contributed by atoms with Crippen molar-refractivity contribution in [3.8, 4) is 5.75 Å². The number of alkyl halides is 1. The number of aromatic nitrogens is 2. The quantitative estimate of drug-likeness (QED) is 0.740. The van der Waals surface area contributed by atoms with E-state index in [-0.39, 0.29) is 0 Å². The fraction of sp³-hybridized carbons (Fsp3) is 0.400. The van der Waals surface area contributed by atoms with Crippen LogP contribution in [0.3, 0.4) is 0 Å². The standard InChI is InChI=1S/C15H19BrN2O/c1-3-12(2)18-9-8-14(17-18)11-19-15-6-4-13(10-16)5-7-15/h4-9,12H,3,10-11H2,1-2H3. The van der Waals surface area contributed by atoms with Crippen molar-refractivity contribution in [2.24, 2.45) is 0 Å². The van der Waals surface area contributed by atoms with Crippen molar-refractivity contribution >= 4 is 15.9 Å². The van der Waals surface area contributed by atoms with Crippen molar-refractivity contribution in [3.63, 3.8) is 0 Å². The summed E-state index contributed by atoms with van der Waals surface area (Å²) in [6.07, 6.45) is 3.09. The van der Waals surface area contributed by atoms with Crippen LogP contribution in [0, 0.1) is 0 Å². The van der Waals surface area contributed by atoms with E-state index in [9.17, 15) is 0 Å². The van der Waals surface area contributed by atoms with Crippen molar-refractivity contribution in [2.75, 3.05) is 0 Å². The second-order valence-electron chi connectivity index (χ2n) is 4.61. The van der Waals surface area contributed by atoms with Crippen molar-refractivity contribution in [3.05, 3.63) is 47.8 Å². The summed E-state index contributed by atoms with van der Waals surface area (Å²) in [4.78, 5) is 0. The van der Waals surface area contributed by atoms with Gasteiger partial charge in [-0.25, -0.2) is 0 Å². The maximum atomic E-state index is 5.73. The zero-order chi connectivity index (χ0) is 13.7. The zero-order valence-electron chi connectivity index (χ0n) is 11.3. The van der Waals surface area contributed by atoms with Crippen LogP contribution in [0.15, 0.2) is 36.5 Å². The van der Waals surface area contributed by atoms with Gasteiger partial charge in [0.2, 0.25) is 0 Å². The second-order valence-corrected chi connectivity index (χ2v) is 5.17. The minimum absolute atomic E-state index is 0.437. The van der Waals surface area contributed by atoms with Gasteiger partial charge in [0.05, 0.1) is 5.69 Å². The highest BCUT2D eigenvalue weighted by Crippen LogP contribution is 2.16. The molecule has 0 saturated heterocycles. The van der Waals surface area contributed by atoms with E-state index in [1.54, 1.807) is 0 Å². The van der Waals surface area contributed by atoms with Gasteiger partial charge in [-0.3, -0.25) is 4.68 Å². The number of benzene rings is 1. The first-order valence-electron chi connectivity index (χ1n) is 6.54. The van der Waals surface area contributed by atoms with Gasteiger partial charge in [0, 0.05) is 17.6 Å². The molecule has 0 saturated carbocycles. The highest BCUT2D eigenvalue weighted by molar-refractivity contribution is 9.08. The number of nitrogens with zero attached hydrogens (tertiary/aromatic N) is 2. The summed E-state index contributed by atoms with van der Waals surface area (Å²) >= 11 is 3.43. The molecule has 1 unspecified atom stereocenters. The van der Waals surface area contributed by atoms with E-state index in [0.717, 1.165) is 23.2 Å². The molecule has 1 heterocycles. The first-order chi connectivity index (χ1) is 9.22. The van der Waals surface area contributed by atoms with Gasteiger partial charge in [0.15, 0.2) is 0 Å². The maximum Gasteiger partial charge on any atom is 0.132 e. The van der Waals surface area contributed by atoms with Gasteiger partial charge in [-0.05, 0) is 37.1 Å². The van der Waals surface area contributed by atoms with E-state index in [1.807, 2.05) is 29.1 Å². The molecule has 2 rings (SSSR count). The fourth-order valence-corrected chi connectivity index (χ4v) is 2.09. The molecule has 0 N–H and O–H groups in total. The molecule has 19 heavy (non-hydrogen) atoms. The summed E-state index contributed by atoms with van der Waals surface area (Å²) in [6, 6.07) is 10.5. The van der Waals surface area contributed by atoms with Crippen LogP contribution < -0.4 is 4.74 Å².